The molecule has 0 N–H and O–H groups in total. The molecule has 0 nitrogen and oxygen atoms in total. The van der Waals surface area contributed by atoms with Crippen LogP contribution in [0.1, 0.15) is 25.0 Å². The largest absolute Gasteiger partial charge is 0.129 e. The Bertz CT molecular complexity index is 264. The fourth-order valence-corrected chi connectivity index (χ4v) is 1.77. The third-order valence-electron chi connectivity index (χ3n) is 1.97. The molecule has 0 aliphatic carbocycles. The molecule has 0 saturated carbocycles. The number of aryl methyl sites for hydroxylation is 1. The highest BCUT2D eigenvalue weighted by molar-refractivity contribution is 7.98. The summed E-state index contributed by atoms with van der Waals surface area (Å²) in [7, 11) is 0. The zero-order valence-electron chi connectivity index (χ0n) is 8.14. The molecule has 0 aliphatic heterocycles. The summed E-state index contributed by atoms with van der Waals surface area (Å²) in [6.07, 6.45) is 2.12. The van der Waals surface area contributed by atoms with Crippen LogP contribution in [0, 0.1) is 12.8 Å². The molecular formula is C11H15S. The molecule has 1 aromatic carbocycles. The first-order chi connectivity index (χ1) is 5.65. The molecular weight excluding hydrogens is 164 g/mol. The van der Waals surface area contributed by atoms with Crippen LogP contribution in [0.3, 0.4) is 0 Å². The fourth-order valence-electron chi connectivity index (χ4n) is 1.19. The van der Waals surface area contributed by atoms with E-state index in [-0.39, 0.29) is 0 Å². The van der Waals surface area contributed by atoms with E-state index in [9.17, 15) is 0 Å². The number of hydrogen-bond donors (Lipinski definition) is 0. The molecule has 1 radical (unpaired) electrons. The quantitative estimate of drug-likeness (QED) is 0.624. The van der Waals surface area contributed by atoms with Gasteiger partial charge in [0, 0.05) is 4.90 Å². The maximum Gasteiger partial charge on any atom is 0.00985 e. The Labute approximate surface area is 79.4 Å². The van der Waals surface area contributed by atoms with Gasteiger partial charge in [0.2, 0.25) is 0 Å². The lowest BCUT2D eigenvalue weighted by atomic mass is 10.0. The van der Waals surface area contributed by atoms with Crippen LogP contribution >= 0.6 is 11.8 Å². The Hall–Kier alpha value is -0.430. The molecule has 0 atom stereocenters. The predicted molar refractivity (Wildman–Crippen MR) is 56.7 cm³/mol. The Morgan fingerprint density at radius 2 is 1.92 bits per heavy atom. The zero-order valence-corrected chi connectivity index (χ0v) is 8.96. The molecule has 12 heavy (non-hydrogen) atoms. The van der Waals surface area contributed by atoms with Crippen molar-refractivity contribution >= 4 is 11.8 Å². The molecule has 1 rings (SSSR count). The lowest BCUT2D eigenvalue weighted by Gasteiger charge is -2.08. The molecule has 65 valence electrons. The summed E-state index contributed by atoms with van der Waals surface area (Å²) < 4.78 is 0. The molecule has 0 aromatic heterocycles. The number of rotatable bonds is 2. The summed E-state index contributed by atoms with van der Waals surface area (Å²) in [6, 6.07) is 6.64. The molecule has 1 aromatic rings. The van der Waals surface area contributed by atoms with E-state index in [1.807, 2.05) is 0 Å². The van der Waals surface area contributed by atoms with E-state index in [4.69, 9.17) is 0 Å². The van der Waals surface area contributed by atoms with Crippen LogP contribution in [-0.2, 0) is 0 Å². The average molecular weight is 179 g/mol. The van der Waals surface area contributed by atoms with Gasteiger partial charge in [-0.25, -0.2) is 0 Å². The third-order valence-corrected chi connectivity index (χ3v) is 2.87. The standard InChI is InChI=1S/C11H15S/c1-8(2)10-5-6-11(12-4)9(3)7-10/h5-7H,1-4H3. The normalized spacial score (nSPS) is 10.8. The molecule has 0 saturated heterocycles. The van der Waals surface area contributed by atoms with Crippen molar-refractivity contribution in [3.8, 4) is 0 Å². The summed E-state index contributed by atoms with van der Waals surface area (Å²) in [4.78, 5) is 1.38. The van der Waals surface area contributed by atoms with Crippen LogP contribution in [0.2, 0.25) is 0 Å². The molecule has 1 heteroatoms. The van der Waals surface area contributed by atoms with E-state index in [1.165, 1.54) is 21.9 Å². The summed E-state index contributed by atoms with van der Waals surface area (Å²) >= 11 is 1.81. The second kappa shape index (κ2) is 3.99. The molecule has 0 unspecified atom stereocenters. The fraction of sp³-hybridized carbons (Fsp3) is 0.364. The summed E-state index contributed by atoms with van der Waals surface area (Å²) in [6.45, 7) is 6.46. The van der Waals surface area contributed by atoms with Crippen LogP contribution in [-0.4, -0.2) is 6.26 Å². The van der Waals surface area contributed by atoms with Gasteiger partial charge in [-0.3, -0.25) is 0 Å². The average Bonchev–Trinajstić information content (AvgIpc) is 2.04. The molecule has 0 spiro atoms. The third kappa shape index (κ3) is 2.04. The van der Waals surface area contributed by atoms with Crippen molar-refractivity contribution in [1.29, 1.82) is 0 Å². The van der Waals surface area contributed by atoms with E-state index in [1.54, 1.807) is 11.8 Å². The minimum absolute atomic E-state index is 1.35. The molecule has 0 heterocycles. The van der Waals surface area contributed by atoms with Crippen molar-refractivity contribution in [2.75, 3.05) is 6.26 Å². The van der Waals surface area contributed by atoms with Crippen molar-refractivity contribution in [1.82, 2.24) is 0 Å². The summed E-state index contributed by atoms with van der Waals surface area (Å²) in [5, 5.41) is 0. The van der Waals surface area contributed by atoms with Gasteiger partial charge in [0.25, 0.3) is 0 Å². The Kier molecular flexibility index (Phi) is 3.21. The van der Waals surface area contributed by atoms with Crippen molar-refractivity contribution < 1.29 is 0 Å². The van der Waals surface area contributed by atoms with Gasteiger partial charge in [-0.05, 0) is 36.3 Å². The van der Waals surface area contributed by atoms with Crippen LogP contribution in [0.15, 0.2) is 23.1 Å². The highest BCUT2D eigenvalue weighted by Crippen LogP contribution is 2.23. The highest BCUT2D eigenvalue weighted by Gasteiger charge is 2.01. The lowest BCUT2D eigenvalue weighted by Crippen LogP contribution is -1.89. The first kappa shape index (κ1) is 9.66. The SMILES string of the molecule is CSc1ccc([C](C)C)cc1C. The first-order valence-electron chi connectivity index (χ1n) is 4.10. The van der Waals surface area contributed by atoms with Gasteiger partial charge in [-0.2, -0.15) is 0 Å². The molecule has 0 aliphatic rings. The van der Waals surface area contributed by atoms with Gasteiger partial charge in [0.05, 0.1) is 0 Å². The van der Waals surface area contributed by atoms with Crippen LogP contribution < -0.4 is 0 Å². The van der Waals surface area contributed by atoms with Gasteiger partial charge in [-0.1, -0.05) is 26.0 Å². The predicted octanol–water partition coefficient (Wildman–Crippen LogP) is 3.68. The summed E-state index contributed by atoms with van der Waals surface area (Å²) in [5.41, 5.74) is 2.73. The van der Waals surface area contributed by atoms with Crippen molar-refractivity contribution in [2.45, 2.75) is 25.7 Å². The van der Waals surface area contributed by atoms with E-state index < -0.39 is 0 Å². The van der Waals surface area contributed by atoms with Crippen molar-refractivity contribution in [3.63, 3.8) is 0 Å². The van der Waals surface area contributed by atoms with E-state index >= 15 is 0 Å². The van der Waals surface area contributed by atoms with Gasteiger partial charge >= 0.3 is 0 Å². The van der Waals surface area contributed by atoms with E-state index in [2.05, 4.69) is 45.2 Å². The summed E-state index contributed by atoms with van der Waals surface area (Å²) in [5.74, 6) is 1.38. The topological polar surface area (TPSA) is 0 Å². The maximum atomic E-state index is 2.25. The molecule has 0 amide bonds. The first-order valence-corrected chi connectivity index (χ1v) is 5.33. The van der Waals surface area contributed by atoms with Crippen LogP contribution in [0.5, 0.6) is 0 Å². The molecule has 0 fully saturated rings. The molecule has 0 bridgehead atoms. The van der Waals surface area contributed by atoms with E-state index in [0.29, 0.717) is 0 Å². The second-order valence-electron chi connectivity index (χ2n) is 3.18. The Morgan fingerprint density at radius 1 is 1.25 bits per heavy atom. The Balaban J connectivity index is 3.02. The van der Waals surface area contributed by atoms with Gasteiger partial charge in [0.15, 0.2) is 0 Å². The minimum atomic E-state index is 1.35. The second-order valence-corrected chi connectivity index (χ2v) is 4.03. The Morgan fingerprint density at radius 3 is 2.33 bits per heavy atom. The monoisotopic (exact) mass is 179 g/mol. The zero-order chi connectivity index (χ0) is 9.14. The minimum Gasteiger partial charge on any atom is -0.129 e. The van der Waals surface area contributed by atoms with Crippen molar-refractivity contribution in [2.24, 2.45) is 0 Å². The highest BCUT2D eigenvalue weighted by atomic mass is 32.2. The number of hydrogen-bond acceptors (Lipinski definition) is 1. The van der Waals surface area contributed by atoms with Crippen LogP contribution in [0.4, 0.5) is 0 Å². The van der Waals surface area contributed by atoms with Crippen molar-refractivity contribution in [3.05, 3.63) is 35.2 Å². The van der Waals surface area contributed by atoms with Gasteiger partial charge < -0.3 is 0 Å². The van der Waals surface area contributed by atoms with E-state index in [0.717, 1.165) is 0 Å². The number of benzene rings is 1. The van der Waals surface area contributed by atoms with Gasteiger partial charge in [-0.15, -0.1) is 11.8 Å². The van der Waals surface area contributed by atoms with Crippen LogP contribution in [0.25, 0.3) is 0 Å². The number of thioether (sulfide) groups is 1. The smallest absolute Gasteiger partial charge is 0.00985 e. The van der Waals surface area contributed by atoms with Gasteiger partial charge in [0.1, 0.15) is 0 Å². The lowest BCUT2D eigenvalue weighted by molar-refractivity contribution is 1.12. The maximum absolute atomic E-state index is 2.25.